The summed E-state index contributed by atoms with van der Waals surface area (Å²) in [4.78, 5) is 0. The molecule has 0 atom stereocenters. The van der Waals surface area contributed by atoms with E-state index in [0.29, 0.717) is 0 Å². The van der Waals surface area contributed by atoms with E-state index >= 15 is 0 Å². The Labute approximate surface area is 38.9 Å². The second kappa shape index (κ2) is 1.94. The van der Waals surface area contributed by atoms with Crippen molar-refractivity contribution in [3.8, 4) is 0 Å². The van der Waals surface area contributed by atoms with E-state index < -0.39 is 0 Å². The Hall–Kier alpha value is -0.350. The van der Waals surface area contributed by atoms with Crippen molar-refractivity contribution >= 4 is 8.19 Å². The molecule has 0 nitrogen and oxygen atoms in total. The molecule has 0 aliphatic heterocycles. The van der Waals surface area contributed by atoms with Crippen LogP contribution in [0.25, 0.3) is 0 Å². The third kappa shape index (κ3) is 0.803. The zero-order chi connectivity index (χ0) is 4.24. The van der Waals surface area contributed by atoms with Crippen LogP contribution < -0.4 is 0 Å². The third-order valence-electron chi connectivity index (χ3n) is 0.514. The van der Waals surface area contributed by atoms with Gasteiger partial charge >= 0.3 is 0 Å². The first-order valence-electron chi connectivity index (χ1n) is 1.76. The third-order valence-corrected chi connectivity index (χ3v) is 1.16. The van der Waals surface area contributed by atoms with Gasteiger partial charge in [-0.3, -0.25) is 0 Å². The van der Waals surface area contributed by atoms with Gasteiger partial charge in [0.25, 0.3) is 0 Å². The average molecular weight is 95.1 g/mol. The first-order chi connectivity index (χ1) is 3.00. The lowest BCUT2D eigenvalue weighted by molar-refractivity contribution is 1.85. The number of hydrogen-bond donors (Lipinski definition) is 0. The van der Waals surface area contributed by atoms with Gasteiger partial charge in [0.05, 0.1) is 0 Å². The molecule has 0 aliphatic carbocycles. The molecular formula is C5H4P. The number of hydrogen-bond acceptors (Lipinski definition) is 0. The molecule has 1 heterocycles. The molecule has 0 N–H and O–H groups in total. The molecule has 0 fully saturated rings. The Bertz CT molecular complexity index is 75.9. The Kier molecular flexibility index (Phi) is 1.24. The monoisotopic (exact) mass is 95.0 g/mol. The standard InChI is InChI=1S/C5H4P/c1-2-4-6-5-3-1/h2-5H. The zero-order valence-corrected chi connectivity index (χ0v) is 4.15. The molecule has 29 valence electrons. The van der Waals surface area contributed by atoms with Gasteiger partial charge in [-0.15, -0.1) is 0 Å². The van der Waals surface area contributed by atoms with Crippen molar-refractivity contribution in [1.29, 1.82) is 0 Å². The van der Waals surface area contributed by atoms with Crippen LogP contribution in [0.15, 0.2) is 23.7 Å². The SMILES string of the molecule is [c]1ccpcc1. The summed E-state index contributed by atoms with van der Waals surface area (Å²) in [6.07, 6.45) is 0. The lowest BCUT2D eigenvalue weighted by Gasteiger charge is -1.68. The topological polar surface area (TPSA) is 0 Å². The lowest BCUT2D eigenvalue weighted by Crippen LogP contribution is -1.41. The van der Waals surface area contributed by atoms with Gasteiger partial charge in [-0.2, -0.15) is 0 Å². The first-order valence-corrected chi connectivity index (χ1v) is 2.79. The molecule has 0 saturated carbocycles. The average Bonchev–Trinajstić information content (AvgIpc) is 1.72. The van der Waals surface area contributed by atoms with Crippen LogP contribution >= 0.6 is 8.19 Å². The van der Waals surface area contributed by atoms with E-state index in [1.165, 1.54) is 8.19 Å². The smallest absolute Gasteiger partial charge is 0.0177 e. The Balaban J connectivity index is 3.00. The molecule has 0 unspecified atom stereocenters. The van der Waals surface area contributed by atoms with Crippen LogP contribution in [0, 0.1) is 6.07 Å². The van der Waals surface area contributed by atoms with Gasteiger partial charge in [0.15, 0.2) is 0 Å². The van der Waals surface area contributed by atoms with Gasteiger partial charge in [0.1, 0.15) is 0 Å². The molecule has 0 aliphatic rings. The fourth-order valence-corrected chi connectivity index (χ4v) is 0.721. The maximum Gasteiger partial charge on any atom is -0.0177 e. The van der Waals surface area contributed by atoms with E-state index in [2.05, 4.69) is 6.07 Å². The van der Waals surface area contributed by atoms with E-state index in [-0.39, 0.29) is 0 Å². The van der Waals surface area contributed by atoms with Crippen LogP contribution in [0.4, 0.5) is 0 Å². The fraction of sp³-hybridized carbons (Fsp3) is 0. The largest absolute Gasteiger partial charge is 0.0764 e. The van der Waals surface area contributed by atoms with E-state index in [0.717, 1.165) is 0 Å². The summed E-state index contributed by atoms with van der Waals surface area (Å²) in [7, 11) is 1.27. The summed E-state index contributed by atoms with van der Waals surface area (Å²) in [5, 5.41) is 0. The van der Waals surface area contributed by atoms with Gasteiger partial charge in [0, 0.05) is 0 Å². The summed E-state index contributed by atoms with van der Waals surface area (Å²) in [5.41, 5.74) is 0. The summed E-state index contributed by atoms with van der Waals surface area (Å²) in [5.74, 6) is 4.08. The van der Waals surface area contributed by atoms with Crippen molar-refractivity contribution in [1.82, 2.24) is 0 Å². The molecule has 1 radical (unpaired) electrons. The van der Waals surface area contributed by atoms with Crippen LogP contribution in [0.5, 0.6) is 0 Å². The van der Waals surface area contributed by atoms with Gasteiger partial charge in [-0.25, -0.2) is 0 Å². The molecule has 6 heavy (non-hydrogen) atoms. The van der Waals surface area contributed by atoms with Gasteiger partial charge < -0.3 is 0 Å². The van der Waals surface area contributed by atoms with Crippen LogP contribution in [0.1, 0.15) is 0 Å². The predicted molar refractivity (Wildman–Crippen MR) is 27.8 cm³/mol. The first kappa shape index (κ1) is 3.83. The maximum absolute atomic E-state index is 2.92. The molecule has 1 aromatic heterocycles. The highest BCUT2D eigenvalue weighted by Gasteiger charge is 1.59. The Morgan fingerprint density at radius 2 is 1.83 bits per heavy atom. The van der Waals surface area contributed by atoms with Gasteiger partial charge in [-0.1, -0.05) is 8.19 Å². The van der Waals surface area contributed by atoms with Crippen LogP contribution in [-0.4, -0.2) is 0 Å². The summed E-state index contributed by atoms with van der Waals surface area (Å²) < 4.78 is 0. The normalized spacial score (nSPS) is 8.00. The number of rotatable bonds is 0. The van der Waals surface area contributed by atoms with E-state index in [4.69, 9.17) is 0 Å². The highest BCUT2D eigenvalue weighted by Crippen LogP contribution is 1.97. The van der Waals surface area contributed by atoms with Crippen molar-refractivity contribution < 1.29 is 0 Å². The summed E-state index contributed by atoms with van der Waals surface area (Å²) in [6.45, 7) is 0. The van der Waals surface area contributed by atoms with Crippen molar-refractivity contribution in [2.45, 2.75) is 0 Å². The quantitative estimate of drug-likeness (QED) is 0.462. The second-order valence-electron chi connectivity index (χ2n) is 0.947. The van der Waals surface area contributed by atoms with Crippen LogP contribution in [0.2, 0.25) is 0 Å². The molecule has 0 saturated heterocycles. The molecule has 1 aromatic rings. The minimum atomic E-state index is 1.27. The minimum Gasteiger partial charge on any atom is -0.0764 e. The lowest BCUT2D eigenvalue weighted by atomic mass is 10.6. The molecule has 0 spiro atoms. The van der Waals surface area contributed by atoms with Crippen molar-refractivity contribution in [2.75, 3.05) is 0 Å². The molecule has 0 bridgehead atoms. The van der Waals surface area contributed by atoms with Crippen molar-refractivity contribution in [3.05, 3.63) is 29.8 Å². The highest BCUT2D eigenvalue weighted by atomic mass is 31.0. The Morgan fingerprint density at radius 3 is 2.00 bits per heavy atom. The highest BCUT2D eigenvalue weighted by molar-refractivity contribution is 7.28. The zero-order valence-electron chi connectivity index (χ0n) is 3.26. The van der Waals surface area contributed by atoms with Gasteiger partial charge in [0.2, 0.25) is 0 Å². The van der Waals surface area contributed by atoms with Crippen LogP contribution in [0.3, 0.4) is 0 Å². The Morgan fingerprint density at radius 1 is 1.17 bits per heavy atom. The molecule has 0 amide bonds. The van der Waals surface area contributed by atoms with Crippen molar-refractivity contribution in [3.63, 3.8) is 0 Å². The van der Waals surface area contributed by atoms with Crippen molar-refractivity contribution in [2.24, 2.45) is 0 Å². The molecule has 1 rings (SSSR count). The summed E-state index contributed by atoms with van der Waals surface area (Å²) >= 11 is 0. The second-order valence-corrected chi connectivity index (χ2v) is 1.84. The van der Waals surface area contributed by atoms with Crippen LogP contribution in [-0.2, 0) is 0 Å². The maximum atomic E-state index is 2.92. The predicted octanol–water partition coefficient (Wildman–Crippen LogP) is 2.07. The van der Waals surface area contributed by atoms with E-state index in [1.807, 2.05) is 23.7 Å². The van der Waals surface area contributed by atoms with E-state index in [1.54, 1.807) is 0 Å². The molecule has 1 heteroatoms. The summed E-state index contributed by atoms with van der Waals surface area (Å²) in [6, 6.07) is 6.75. The molecular weight excluding hydrogens is 91.0 g/mol. The van der Waals surface area contributed by atoms with E-state index in [9.17, 15) is 0 Å². The van der Waals surface area contributed by atoms with Gasteiger partial charge in [-0.05, 0) is 29.8 Å². The minimum absolute atomic E-state index is 1.27. The molecule has 0 aromatic carbocycles. The fourth-order valence-electron chi connectivity index (χ4n) is 0.277.